The van der Waals surface area contributed by atoms with Crippen LogP contribution in [0, 0.1) is 5.92 Å². The van der Waals surface area contributed by atoms with Gasteiger partial charge in [0.15, 0.2) is 0 Å². The van der Waals surface area contributed by atoms with Gasteiger partial charge in [0.2, 0.25) is 5.91 Å². The Kier molecular flexibility index (Phi) is 4.90. The molecule has 0 bridgehead atoms. The molecular weight excluding hydrogens is 180 g/mol. The first-order chi connectivity index (χ1) is 6.70. The predicted octanol–water partition coefficient (Wildman–Crippen LogP) is -0.127. The van der Waals surface area contributed by atoms with E-state index in [-0.39, 0.29) is 17.9 Å². The maximum atomic E-state index is 11.6. The second-order valence-electron chi connectivity index (χ2n) is 3.95. The predicted molar refractivity (Wildman–Crippen MR) is 54.9 cm³/mol. The zero-order chi connectivity index (χ0) is 10.4. The summed E-state index contributed by atoms with van der Waals surface area (Å²) in [5, 5.41) is 15.1. The van der Waals surface area contributed by atoms with Gasteiger partial charge in [-0.15, -0.1) is 0 Å². The second kappa shape index (κ2) is 5.98. The molecule has 0 spiro atoms. The molecular formula is C10H20N2O2. The number of carbonyl (C=O) groups is 1. The fraction of sp³-hybridized carbons (Fsp3) is 0.900. The normalized spacial score (nSPS) is 20.4. The largest absolute Gasteiger partial charge is 0.393 e. The molecule has 1 rings (SSSR count). The van der Waals surface area contributed by atoms with Crippen LogP contribution >= 0.6 is 0 Å². The molecule has 4 nitrogen and oxygen atoms in total. The van der Waals surface area contributed by atoms with Crippen molar-refractivity contribution in [3.8, 4) is 0 Å². The third-order valence-electron chi connectivity index (χ3n) is 2.57. The molecule has 1 aliphatic heterocycles. The molecule has 0 aromatic heterocycles. The molecule has 1 amide bonds. The van der Waals surface area contributed by atoms with Gasteiger partial charge < -0.3 is 15.7 Å². The number of hydrogen-bond donors (Lipinski definition) is 3. The van der Waals surface area contributed by atoms with Crippen molar-refractivity contribution in [3.05, 3.63) is 0 Å². The maximum absolute atomic E-state index is 11.6. The molecule has 0 saturated carbocycles. The highest BCUT2D eigenvalue weighted by Crippen LogP contribution is 2.11. The molecule has 3 N–H and O–H groups in total. The van der Waals surface area contributed by atoms with E-state index in [1.54, 1.807) is 6.92 Å². The van der Waals surface area contributed by atoms with Crippen molar-refractivity contribution in [3.63, 3.8) is 0 Å². The third kappa shape index (κ3) is 4.07. The number of rotatable bonds is 4. The van der Waals surface area contributed by atoms with E-state index >= 15 is 0 Å². The highest BCUT2D eigenvalue weighted by molar-refractivity contribution is 5.78. The SMILES string of the molecule is C[C@@H](O)CCNC(=O)C1CCNCC1. The van der Waals surface area contributed by atoms with Crippen LogP contribution < -0.4 is 10.6 Å². The number of aliphatic hydroxyl groups excluding tert-OH is 1. The van der Waals surface area contributed by atoms with Crippen LogP contribution in [-0.2, 0) is 4.79 Å². The first-order valence-electron chi connectivity index (χ1n) is 5.36. The van der Waals surface area contributed by atoms with Crippen LogP contribution in [0.3, 0.4) is 0 Å². The minimum absolute atomic E-state index is 0.146. The molecule has 0 aliphatic carbocycles. The standard InChI is InChI=1S/C10H20N2O2/c1-8(13)2-7-12-10(14)9-3-5-11-6-4-9/h8-9,11,13H,2-7H2,1H3,(H,12,14)/t8-/m1/s1. The molecule has 1 fully saturated rings. The molecule has 1 saturated heterocycles. The number of piperidine rings is 1. The van der Waals surface area contributed by atoms with Crippen molar-refractivity contribution >= 4 is 5.91 Å². The molecule has 0 unspecified atom stereocenters. The summed E-state index contributed by atoms with van der Waals surface area (Å²) < 4.78 is 0. The zero-order valence-electron chi connectivity index (χ0n) is 8.75. The number of amides is 1. The first kappa shape index (κ1) is 11.5. The summed E-state index contributed by atoms with van der Waals surface area (Å²) in [6, 6.07) is 0. The van der Waals surface area contributed by atoms with Gasteiger partial charge in [0.25, 0.3) is 0 Å². The van der Waals surface area contributed by atoms with Crippen molar-refractivity contribution in [2.24, 2.45) is 5.92 Å². The Labute approximate surface area is 85.1 Å². The van der Waals surface area contributed by atoms with Gasteiger partial charge in [0.05, 0.1) is 6.10 Å². The van der Waals surface area contributed by atoms with Crippen molar-refractivity contribution in [1.29, 1.82) is 0 Å². The zero-order valence-corrected chi connectivity index (χ0v) is 8.75. The Bertz CT molecular complexity index is 177. The Morgan fingerprint density at radius 2 is 2.21 bits per heavy atom. The molecule has 0 radical (unpaired) electrons. The van der Waals surface area contributed by atoms with E-state index in [1.807, 2.05) is 0 Å². The maximum Gasteiger partial charge on any atom is 0.223 e. The van der Waals surface area contributed by atoms with E-state index in [1.165, 1.54) is 0 Å². The summed E-state index contributed by atoms with van der Waals surface area (Å²) in [5.41, 5.74) is 0. The van der Waals surface area contributed by atoms with E-state index in [0.29, 0.717) is 13.0 Å². The average Bonchev–Trinajstić information content (AvgIpc) is 2.18. The number of carbonyl (C=O) groups excluding carboxylic acids is 1. The lowest BCUT2D eigenvalue weighted by Crippen LogP contribution is -2.38. The summed E-state index contributed by atoms with van der Waals surface area (Å²) in [4.78, 5) is 11.6. The average molecular weight is 200 g/mol. The first-order valence-corrected chi connectivity index (χ1v) is 5.36. The lowest BCUT2D eigenvalue weighted by Gasteiger charge is -2.21. The van der Waals surface area contributed by atoms with Crippen LogP contribution in [0.15, 0.2) is 0 Å². The fourth-order valence-corrected chi connectivity index (χ4v) is 1.63. The lowest BCUT2D eigenvalue weighted by molar-refractivity contribution is -0.125. The van der Waals surface area contributed by atoms with Crippen molar-refractivity contribution in [2.45, 2.75) is 32.3 Å². The molecule has 1 aliphatic rings. The highest BCUT2D eigenvalue weighted by Gasteiger charge is 2.20. The van der Waals surface area contributed by atoms with E-state index in [2.05, 4.69) is 10.6 Å². The fourth-order valence-electron chi connectivity index (χ4n) is 1.63. The van der Waals surface area contributed by atoms with Crippen LogP contribution in [0.2, 0.25) is 0 Å². The van der Waals surface area contributed by atoms with E-state index < -0.39 is 0 Å². The summed E-state index contributed by atoms with van der Waals surface area (Å²) in [6.45, 7) is 4.19. The quantitative estimate of drug-likeness (QED) is 0.592. The van der Waals surface area contributed by atoms with Crippen molar-refractivity contribution < 1.29 is 9.90 Å². The van der Waals surface area contributed by atoms with Gasteiger partial charge in [-0.1, -0.05) is 0 Å². The van der Waals surface area contributed by atoms with Gasteiger partial charge in [0, 0.05) is 12.5 Å². The number of aliphatic hydroxyl groups is 1. The number of hydrogen-bond acceptors (Lipinski definition) is 3. The van der Waals surface area contributed by atoms with E-state index in [4.69, 9.17) is 5.11 Å². The lowest BCUT2D eigenvalue weighted by atomic mass is 9.97. The number of nitrogens with one attached hydrogen (secondary N) is 2. The molecule has 0 aromatic carbocycles. The molecule has 1 heterocycles. The van der Waals surface area contributed by atoms with Gasteiger partial charge in [-0.3, -0.25) is 4.79 Å². The molecule has 14 heavy (non-hydrogen) atoms. The van der Waals surface area contributed by atoms with Gasteiger partial charge >= 0.3 is 0 Å². The smallest absolute Gasteiger partial charge is 0.223 e. The van der Waals surface area contributed by atoms with Gasteiger partial charge in [-0.05, 0) is 39.3 Å². The van der Waals surface area contributed by atoms with Crippen LogP contribution in [0.4, 0.5) is 0 Å². The third-order valence-corrected chi connectivity index (χ3v) is 2.57. The second-order valence-corrected chi connectivity index (χ2v) is 3.95. The topological polar surface area (TPSA) is 61.4 Å². The Hall–Kier alpha value is -0.610. The minimum Gasteiger partial charge on any atom is -0.393 e. The highest BCUT2D eigenvalue weighted by atomic mass is 16.3. The molecule has 0 aromatic rings. The molecule has 1 atom stereocenters. The Balaban J connectivity index is 2.13. The van der Waals surface area contributed by atoms with Crippen molar-refractivity contribution in [1.82, 2.24) is 10.6 Å². The monoisotopic (exact) mass is 200 g/mol. The Morgan fingerprint density at radius 1 is 1.57 bits per heavy atom. The summed E-state index contributed by atoms with van der Waals surface area (Å²) >= 11 is 0. The summed E-state index contributed by atoms with van der Waals surface area (Å²) in [5.74, 6) is 0.317. The van der Waals surface area contributed by atoms with Crippen LogP contribution in [0.25, 0.3) is 0 Å². The van der Waals surface area contributed by atoms with E-state index in [0.717, 1.165) is 25.9 Å². The van der Waals surface area contributed by atoms with E-state index in [9.17, 15) is 4.79 Å². The minimum atomic E-state index is -0.330. The van der Waals surface area contributed by atoms with Crippen LogP contribution in [0.5, 0.6) is 0 Å². The van der Waals surface area contributed by atoms with Crippen LogP contribution in [0.1, 0.15) is 26.2 Å². The molecule has 4 heteroatoms. The van der Waals surface area contributed by atoms with Crippen LogP contribution in [-0.4, -0.2) is 36.8 Å². The summed E-state index contributed by atoms with van der Waals surface area (Å²) in [7, 11) is 0. The van der Waals surface area contributed by atoms with Crippen molar-refractivity contribution in [2.75, 3.05) is 19.6 Å². The Morgan fingerprint density at radius 3 is 2.79 bits per heavy atom. The summed E-state index contributed by atoms with van der Waals surface area (Å²) in [6.07, 6.45) is 2.17. The van der Waals surface area contributed by atoms with Gasteiger partial charge in [-0.2, -0.15) is 0 Å². The molecule has 82 valence electrons. The van der Waals surface area contributed by atoms with Gasteiger partial charge in [0.1, 0.15) is 0 Å². The van der Waals surface area contributed by atoms with Gasteiger partial charge in [-0.25, -0.2) is 0 Å².